The van der Waals surface area contributed by atoms with Gasteiger partial charge in [0.25, 0.3) is 5.89 Å². The smallest absolute Gasteiger partial charge is 0.321 e. The summed E-state index contributed by atoms with van der Waals surface area (Å²) in [6.45, 7) is 2.33. The van der Waals surface area contributed by atoms with Crippen molar-refractivity contribution in [2.75, 3.05) is 12.4 Å². The molecule has 0 radical (unpaired) electrons. The van der Waals surface area contributed by atoms with Crippen molar-refractivity contribution in [3.05, 3.63) is 60.1 Å². The molecule has 0 saturated carbocycles. The van der Waals surface area contributed by atoms with Gasteiger partial charge in [-0.3, -0.25) is 0 Å². The molecular weight excluding hydrogens is 324 g/mol. The number of aromatic nitrogens is 2. The van der Waals surface area contributed by atoms with Gasteiger partial charge in [-0.2, -0.15) is 4.98 Å². The van der Waals surface area contributed by atoms with Crippen molar-refractivity contribution in [3.8, 4) is 5.75 Å². The van der Waals surface area contributed by atoms with Crippen LogP contribution in [0.1, 0.15) is 17.5 Å². The Labute approximate surface area is 144 Å². The lowest BCUT2D eigenvalue weighted by atomic mass is 10.3. The number of carbonyl (C=O) groups excluding carboxylic acids is 1. The Balaban J connectivity index is 1.50. The van der Waals surface area contributed by atoms with Crippen LogP contribution in [-0.2, 0) is 13.2 Å². The largest absolute Gasteiger partial charge is 0.484 e. The van der Waals surface area contributed by atoms with Crippen LogP contribution >= 0.6 is 0 Å². The summed E-state index contributed by atoms with van der Waals surface area (Å²) in [5, 5.41) is 6.50. The molecule has 25 heavy (non-hydrogen) atoms. The molecule has 0 aliphatic carbocycles. The summed E-state index contributed by atoms with van der Waals surface area (Å²) >= 11 is 0. The van der Waals surface area contributed by atoms with Gasteiger partial charge in [0.15, 0.2) is 12.4 Å². The Hall–Kier alpha value is -3.29. The van der Waals surface area contributed by atoms with Crippen LogP contribution in [0, 0.1) is 6.92 Å². The third-order valence-electron chi connectivity index (χ3n) is 3.36. The van der Waals surface area contributed by atoms with Crippen molar-refractivity contribution < 1.29 is 18.5 Å². The van der Waals surface area contributed by atoms with Crippen molar-refractivity contribution in [1.29, 1.82) is 0 Å². The van der Waals surface area contributed by atoms with Crippen LogP contribution in [-0.4, -0.2) is 28.1 Å². The van der Waals surface area contributed by atoms with Crippen molar-refractivity contribution in [2.45, 2.75) is 20.1 Å². The lowest BCUT2D eigenvalue weighted by molar-refractivity contribution is 0.217. The first-order valence-corrected chi connectivity index (χ1v) is 7.67. The number of hydrogen-bond acceptors (Lipinski definition) is 6. The van der Waals surface area contributed by atoms with Crippen LogP contribution < -0.4 is 10.1 Å². The maximum Gasteiger partial charge on any atom is 0.321 e. The van der Waals surface area contributed by atoms with Crippen molar-refractivity contribution in [2.24, 2.45) is 0 Å². The quantitative estimate of drug-likeness (QED) is 0.739. The normalized spacial score (nSPS) is 10.5. The standard InChI is InChI=1S/C17H18N4O4/c1-12-18-16(25-20-12)11-24-14-7-5-13(6-8-14)19-17(22)21(2)10-15-4-3-9-23-15/h3-9H,10-11H2,1-2H3,(H,19,22). The number of benzene rings is 1. The fourth-order valence-electron chi connectivity index (χ4n) is 2.11. The summed E-state index contributed by atoms with van der Waals surface area (Å²) in [6.07, 6.45) is 1.58. The molecule has 130 valence electrons. The van der Waals surface area contributed by atoms with Gasteiger partial charge in [0.05, 0.1) is 12.8 Å². The number of ether oxygens (including phenoxy) is 1. The number of nitrogens with one attached hydrogen (secondary N) is 1. The van der Waals surface area contributed by atoms with Gasteiger partial charge in [-0.1, -0.05) is 5.16 Å². The molecule has 0 bridgehead atoms. The van der Waals surface area contributed by atoms with E-state index in [0.29, 0.717) is 29.7 Å². The number of carbonyl (C=O) groups is 1. The third kappa shape index (κ3) is 4.60. The van der Waals surface area contributed by atoms with E-state index in [9.17, 15) is 4.79 Å². The fourth-order valence-corrected chi connectivity index (χ4v) is 2.11. The van der Waals surface area contributed by atoms with Gasteiger partial charge in [0, 0.05) is 12.7 Å². The Kier molecular flexibility index (Phi) is 4.98. The van der Waals surface area contributed by atoms with Crippen LogP contribution in [0.2, 0.25) is 0 Å². The highest BCUT2D eigenvalue weighted by atomic mass is 16.5. The summed E-state index contributed by atoms with van der Waals surface area (Å²) in [7, 11) is 1.70. The molecule has 2 aromatic heterocycles. The van der Waals surface area contributed by atoms with E-state index in [0.717, 1.165) is 5.76 Å². The Morgan fingerprint density at radius 1 is 1.28 bits per heavy atom. The average molecular weight is 342 g/mol. The summed E-state index contributed by atoms with van der Waals surface area (Å²) in [6, 6.07) is 10.4. The van der Waals surface area contributed by atoms with Gasteiger partial charge in [0.2, 0.25) is 0 Å². The highest BCUT2D eigenvalue weighted by molar-refractivity contribution is 5.89. The summed E-state index contributed by atoms with van der Waals surface area (Å²) < 4.78 is 15.8. The first kappa shape index (κ1) is 16.6. The molecule has 8 nitrogen and oxygen atoms in total. The Morgan fingerprint density at radius 3 is 2.72 bits per heavy atom. The molecule has 1 N–H and O–H groups in total. The predicted molar refractivity (Wildman–Crippen MR) is 89.0 cm³/mol. The zero-order chi connectivity index (χ0) is 17.6. The van der Waals surface area contributed by atoms with E-state index in [4.69, 9.17) is 13.7 Å². The van der Waals surface area contributed by atoms with Gasteiger partial charge >= 0.3 is 6.03 Å². The molecule has 0 aliphatic heterocycles. The average Bonchev–Trinajstić information content (AvgIpc) is 3.26. The zero-order valence-electron chi connectivity index (χ0n) is 13.9. The number of anilines is 1. The maximum atomic E-state index is 12.2. The topological polar surface area (TPSA) is 93.6 Å². The SMILES string of the molecule is Cc1noc(COc2ccc(NC(=O)N(C)Cc3ccco3)cc2)n1. The highest BCUT2D eigenvalue weighted by Gasteiger charge is 2.11. The molecule has 8 heteroatoms. The second-order valence-corrected chi connectivity index (χ2v) is 5.41. The summed E-state index contributed by atoms with van der Waals surface area (Å²) in [5.74, 6) is 2.33. The van der Waals surface area contributed by atoms with Gasteiger partial charge in [-0.15, -0.1) is 0 Å². The van der Waals surface area contributed by atoms with E-state index < -0.39 is 0 Å². The number of rotatable bonds is 6. The van der Waals surface area contributed by atoms with E-state index in [2.05, 4.69) is 15.5 Å². The maximum absolute atomic E-state index is 12.2. The second kappa shape index (κ2) is 7.52. The number of aryl methyl sites for hydroxylation is 1. The van der Waals surface area contributed by atoms with Crippen molar-refractivity contribution in [3.63, 3.8) is 0 Å². The van der Waals surface area contributed by atoms with Crippen molar-refractivity contribution >= 4 is 11.7 Å². The minimum Gasteiger partial charge on any atom is -0.484 e. The van der Waals surface area contributed by atoms with E-state index in [1.54, 1.807) is 50.6 Å². The number of hydrogen-bond donors (Lipinski definition) is 1. The number of nitrogens with zero attached hydrogens (tertiary/aromatic N) is 3. The fraction of sp³-hybridized carbons (Fsp3) is 0.235. The Bertz CT molecular complexity index is 812. The molecule has 0 saturated heterocycles. The monoisotopic (exact) mass is 342 g/mol. The minimum absolute atomic E-state index is 0.193. The first-order chi connectivity index (χ1) is 12.1. The molecule has 0 spiro atoms. The van der Waals surface area contributed by atoms with E-state index in [1.807, 2.05) is 6.07 Å². The molecule has 0 fully saturated rings. The predicted octanol–water partition coefficient (Wildman–Crippen LogP) is 3.21. The summed E-state index contributed by atoms with van der Waals surface area (Å²) in [5.41, 5.74) is 0.664. The van der Waals surface area contributed by atoms with Crippen LogP contribution in [0.25, 0.3) is 0 Å². The van der Waals surface area contributed by atoms with Crippen LogP contribution in [0.4, 0.5) is 10.5 Å². The molecule has 3 rings (SSSR count). The molecule has 0 unspecified atom stereocenters. The third-order valence-corrected chi connectivity index (χ3v) is 3.36. The first-order valence-electron chi connectivity index (χ1n) is 7.67. The molecule has 2 heterocycles. The zero-order valence-corrected chi connectivity index (χ0v) is 13.9. The van der Waals surface area contributed by atoms with Crippen LogP contribution in [0.3, 0.4) is 0 Å². The van der Waals surface area contributed by atoms with E-state index in [1.165, 1.54) is 4.90 Å². The molecular formula is C17H18N4O4. The number of furan rings is 1. The molecule has 1 aromatic carbocycles. The highest BCUT2D eigenvalue weighted by Crippen LogP contribution is 2.17. The number of urea groups is 1. The van der Waals surface area contributed by atoms with Gasteiger partial charge in [-0.25, -0.2) is 4.79 Å². The molecule has 0 aliphatic rings. The summed E-state index contributed by atoms with van der Waals surface area (Å²) in [4.78, 5) is 17.7. The van der Waals surface area contributed by atoms with Crippen LogP contribution in [0.15, 0.2) is 51.6 Å². The lowest BCUT2D eigenvalue weighted by Gasteiger charge is -2.16. The molecule has 2 amide bonds. The van der Waals surface area contributed by atoms with Crippen LogP contribution in [0.5, 0.6) is 5.75 Å². The molecule has 0 atom stereocenters. The minimum atomic E-state index is -0.230. The van der Waals surface area contributed by atoms with Gasteiger partial charge in [0.1, 0.15) is 11.5 Å². The second-order valence-electron chi connectivity index (χ2n) is 5.41. The van der Waals surface area contributed by atoms with Gasteiger partial charge in [-0.05, 0) is 43.3 Å². The number of amides is 2. The lowest BCUT2D eigenvalue weighted by Crippen LogP contribution is -2.30. The van der Waals surface area contributed by atoms with Gasteiger partial charge < -0.3 is 23.9 Å². The molecule has 3 aromatic rings. The Morgan fingerprint density at radius 2 is 2.08 bits per heavy atom. The van der Waals surface area contributed by atoms with Crippen molar-refractivity contribution in [1.82, 2.24) is 15.0 Å². The van der Waals surface area contributed by atoms with E-state index >= 15 is 0 Å². The van der Waals surface area contributed by atoms with E-state index in [-0.39, 0.29) is 12.6 Å².